The minimum absolute atomic E-state index is 0.122. The zero-order valence-corrected chi connectivity index (χ0v) is 13.1. The van der Waals surface area contributed by atoms with Crippen molar-refractivity contribution in [2.75, 3.05) is 0 Å². The molecular weight excluding hydrogens is 312 g/mol. The number of aryl methyl sites for hydroxylation is 1. The van der Waals surface area contributed by atoms with Crippen molar-refractivity contribution in [1.29, 1.82) is 0 Å². The Labute approximate surface area is 126 Å². The second-order valence-electron chi connectivity index (χ2n) is 5.16. The first-order valence-electron chi connectivity index (χ1n) is 6.68. The Balaban J connectivity index is 2.35. The van der Waals surface area contributed by atoms with E-state index in [2.05, 4.69) is 47.1 Å². The predicted molar refractivity (Wildman–Crippen MR) is 88.9 cm³/mol. The molecule has 0 radical (unpaired) electrons. The van der Waals surface area contributed by atoms with Crippen LogP contribution in [0.5, 0.6) is 0 Å². The molecule has 2 heteroatoms. The number of halogens is 1. The van der Waals surface area contributed by atoms with Gasteiger partial charge in [-0.15, -0.1) is 0 Å². The lowest BCUT2D eigenvalue weighted by Gasteiger charge is -2.09. The summed E-state index contributed by atoms with van der Waals surface area (Å²) in [7, 11) is 0. The van der Waals surface area contributed by atoms with Crippen LogP contribution in [0.25, 0.3) is 21.5 Å². The Bertz CT molecular complexity index is 818. The van der Waals surface area contributed by atoms with Gasteiger partial charge in [0.25, 0.3) is 0 Å². The molecule has 3 aromatic rings. The van der Waals surface area contributed by atoms with Crippen LogP contribution in [0.4, 0.5) is 0 Å². The number of carbonyl (C=O) groups is 1. The summed E-state index contributed by atoms with van der Waals surface area (Å²) in [4.78, 5) is 12.0. The first-order valence-corrected chi connectivity index (χ1v) is 7.60. The zero-order valence-electron chi connectivity index (χ0n) is 11.5. The van der Waals surface area contributed by atoms with Gasteiger partial charge >= 0.3 is 0 Å². The van der Waals surface area contributed by atoms with E-state index in [0.717, 1.165) is 10.9 Å². The quantitative estimate of drug-likeness (QED) is 0.356. The number of hydrogen-bond acceptors (Lipinski definition) is 1. The maximum absolute atomic E-state index is 12.1. The third-order valence-electron chi connectivity index (χ3n) is 3.71. The largest absolute Gasteiger partial charge is 0.293 e. The molecule has 0 aliphatic carbocycles. The average molecular weight is 327 g/mol. The summed E-state index contributed by atoms with van der Waals surface area (Å²) in [5.74, 6) is 0.122. The monoisotopic (exact) mass is 326 g/mol. The first kappa shape index (κ1) is 13.3. The molecule has 0 fully saturated rings. The van der Waals surface area contributed by atoms with Crippen molar-refractivity contribution in [1.82, 2.24) is 0 Å². The summed E-state index contributed by atoms with van der Waals surface area (Å²) in [6, 6.07) is 16.5. The summed E-state index contributed by atoms with van der Waals surface area (Å²) >= 11 is 3.35. The molecule has 100 valence electrons. The second-order valence-corrected chi connectivity index (χ2v) is 6.53. The van der Waals surface area contributed by atoms with E-state index in [4.69, 9.17) is 0 Å². The van der Waals surface area contributed by atoms with E-state index < -0.39 is 0 Å². The molecule has 0 bridgehead atoms. The van der Waals surface area contributed by atoms with Crippen molar-refractivity contribution in [2.24, 2.45) is 0 Å². The van der Waals surface area contributed by atoms with Crippen molar-refractivity contribution >= 4 is 43.3 Å². The Hall–Kier alpha value is -1.67. The molecule has 0 spiro atoms. The molecule has 1 nitrogen and oxygen atoms in total. The fourth-order valence-electron chi connectivity index (χ4n) is 2.67. The molecule has 0 aliphatic heterocycles. The second kappa shape index (κ2) is 5.02. The van der Waals surface area contributed by atoms with Gasteiger partial charge in [0.2, 0.25) is 0 Å². The Morgan fingerprint density at radius 1 is 1.00 bits per heavy atom. The summed E-state index contributed by atoms with van der Waals surface area (Å²) in [5, 5.41) is 4.78. The summed E-state index contributed by atoms with van der Waals surface area (Å²) < 4.78 is 0. The van der Waals surface area contributed by atoms with Crippen molar-refractivity contribution in [3.05, 3.63) is 59.7 Å². The Morgan fingerprint density at radius 2 is 1.70 bits per heavy atom. The molecule has 0 amide bonds. The van der Waals surface area contributed by atoms with Crippen LogP contribution in [0, 0.1) is 6.92 Å². The van der Waals surface area contributed by atoms with Gasteiger partial charge in [0.05, 0.1) is 4.83 Å². The van der Waals surface area contributed by atoms with Gasteiger partial charge in [0, 0.05) is 5.56 Å². The molecule has 0 heterocycles. The number of alkyl halides is 1. The number of benzene rings is 3. The van der Waals surface area contributed by atoms with Crippen LogP contribution < -0.4 is 0 Å². The number of Topliss-reactive ketones (excluding diaryl/α,β-unsaturated/α-hetero) is 1. The minimum Gasteiger partial charge on any atom is -0.293 e. The van der Waals surface area contributed by atoms with Gasteiger partial charge in [0.15, 0.2) is 5.78 Å². The minimum atomic E-state index is -0.156. The van der Waals surface area contributed by atoms with Crippen molar-refractivity contribution < 1.29 is 4.79 Å². The average Bonchev–Trinajstić information content (AvgIpc) is 2.46. The molecular formula is C18H15BrO. The number of fused-ring (bicyclic) bond motifs is 3. The van der Waals surface area contributed by atoms with Crippen LogP contribution in [-0.2, 0) is 0 Å². The lowest BCUT2D eigenvalue weighted by molar-refractivity contribution is 0.0996. The smallest absolute Gasteiger partial charge is 0.176 e. The molecule has 3 rings (SSSR count). The maximum Gasteiger partial charge on any atom is 0.176 e. The highest BCUT2D eigenvalue weighted by Crippen LogP contribution is 2.29. The first-order chi connectivity index (χ1) is 9.58. The van der Waals surface area contributed by atoms with Gasteiger partial charge in [-0.25, -0.2) is 0 Å². The number of ketones is 1. The highest BCUT2D eigenvalue weighted by atomic mass is 79.9. The van der Waals surface area contributed by atoms with Crippen LogP contribution in [0.2, 0.25) is 0 Å². The van der Waals surface area contributed by atoms with E-state index in [1.807, 2.05) is 31.2 Å². The van der Waals surface area contributed by atoms with Gasteiger partial charge < -0.3 is 0 Å². The van der Waals surface area contributed by atoms with Crippen LogP contribution in [0.3, 0.4) is 0 Å². The number of hydrogen-bond donors (Lipinski definition) is 0. The molecule has 20 heavy (non-hydrogen) atoms. The van der Waals surface area contributed by atoms with Crippen molar-refractivity contribution in [2.45, 2.75) is 18.7 Å². The van der Waals surface area contributed by atoms with Crippen molar-refractivity contribution in [3.8, 4) is 0 Å². The Morgan fingerprint density at radius 3 is 2.40 bits per heavy atom. The number of rotatable bonds is 2. The predicted octanol–water partition coefficient (Wildman–Crippen LogP) is 5.27. The standard InChI is InChI=1S/C18H15BrO/c1-11-9-13-7-8-14(18(20)12(2)19)10-17(13)16-6-4-3-5-15(11)16/h3-10,12H,1-2H3. The molecule has 1 unspecified atom stereocenters. The molecule has 1 atom stereocenters. The van der Waals surface area contributed by atoms with Gasteiger partial charge in [0.1, 0.15) is 0 Å². The summed E-state index contributed by atoms with van der Waals surface area (Å²) in [6.07, 6.45) is 0. The van der Waals surface area contributed by atoms with Crippen LogP contribution in [0.1, 0.15) is 22.8 Å². The Kier molecular flexibility index (Phi) is 3.35. The SMILES string of the molecule is Cc1cc2ccc(C(=O)C(C)Br)cc2c2ccccc12. The van der Waals surface area contributed by atoms with E-state index in [-0.39, 0.29) is 10.6 Å². The lowest BCUT2D eigenvalue weighted by Crippen LogP contribution is -2.09. The van der Waals surface area contributed by atoms with Gasteiger partial charge in [-0.1, -0.05) is 58.4 Å². The molecule has 0 N–H and O–H groups in total. The van der Waals surface area contributed by atoms with E-state index in [1.165, 1.54) is 21.7 Å². The lowest BCUT2D eigenvalue weighted by atomic mass is 9.95. The van der Waals surface area contributed by atoms with Gasteiger partial charge in [-0.05, 0) is 47.0 Å². The molecule has 0 saturated heterocycles. The third-order valence-corrected chi connectivity index (χ3v) is 4.13. The maximum atomic E-state index is 12.1. The fourth-order valence-corrected chi connectivity index (χ4v) is 2.94. The topological polar surface area (TPSA) is 17.1 Å². The molecule has 0 aromatic heterocycles. The highest BCUT2D eigenvalue weighted by molar-refractivity contribution is 9.10. The third kappa shape index (κ3) is 2.14. The number of carbonyl (C=O) groups excluding carboxylic acids is 1. The van der Waals surface area contributed by atoms with Crippen molar-refractivity contribution in [3.63, 3.8) is 0 Å². The normalized spacial score (nSPS) is 12.8. The zero-order chi connectivity index (χ0) is 14.3. The van der Waals surface area contributed by atoms with Gasteiger partial charge in [-0.2, -0.15) is 0 Å². The van der Waals surface area contributed by atoms with E-state index >= 15 is 0 Å². The summed E-state index contributed by atoms with van der Waals surface area (Å²) in [5.41, 5.74) is 2.02. The fraction of sp³-hybridized carbons (Fsp3) is 0.167. The van der Waals surface area contributed by atoms with Crippen LogP contribution in [-0.4, -0.2) is 10.6 Å². The van der Waals surface area contributed by atoms with Gasteiger partial charge in [-0.3, -0.25) is 4.79 Å². The molecule has 0 aliphatic rings. The van der Waals surface area contributed by atoms with E-state index in [0.29, 0.717) is 0 Å². The molecule has 0 saturated carbocycles. The van der Waals surface area contributed by atoms with Crippen LogP contribution >= 0.6 is 15.9 Å². The van der Waals surface area contributed by atoms with E-state index in [1.54, 1.807) is 0 Å². The van der Waals surface area contributed by atoms with Crippen LogP contribution in [0.15, 0.2) is 48.5 Å². The summed E-state index contributed by atoms with van der Waals surface area (Å²) in [6.45, 7) is 3.99. The highest BCUT2D eigenvalue weighted by Gasteiger charge is 2.13. The molecule has 3 aromatic carbocycles. The van der Waals surface area contributed by atoms with E-state index in [9.17, 15) is 4.79 Å².